The van der Waals surface area contributed by atoms with Gasteiger partial charge in [0.25, 0.3) is 0 Å². The zero-order valence-electron chi connectivity index (χ0n) is 17.0. The highest BCUT2D eigenvalue weighted by molar-refractivity contribution is 5.77. The van der Waals surface area contributed by atoms with Crippen molar-refractivity contribution in [3.8, 4) is 16.9 Å². The number of carbonyl (C=O) groups excluding carboxylic acids is 1. The second-order valence-electron chi connectivity index (χ2n) is 7.35. The molecular weight excluding hydrogens is 370 g/mol. The van der Waals surface area contributed by atoms with Gasteiger partial charge in [-0.05, 0) is 36.6 Å². The van der Waals surface area contributed by atoms with Gasteiger partial charge in [0.05, 0.1) is 17.4 Å². The van der Waals surface area contributed by atoms with Gasteiger partial charge in [0.15, 0.2) is 0 Å². The van der Waals surface area contributed by atoms with E-state index in [0.29, 0.717) is 12.8 Å². The van der Waals surface area contributed by atoms with Crippen LogP contribution < -0.4 is 5.32 Å². The summed E-state index contributed by atoms with van der Waals surface area (Å²) in [5.74, 6) is 0.0397. The molecule has 0 aliphatic heterocycles. The lowest BCUT2D eigenvalue weighted by atomic mass is 10.0. The third-order valence-corrected chi connectivity index (χ3v) is 5.16. The molecule has 1 unspecified atom stereocenters. The van der Waals surface area contributed by atoms with Gasteiger partial charge in [-0.1, -0.05) is 78.9 Å². The van der Waals surface area contributed by atoms with Gasteiger partial charge in [0.2, 0.25) is 5.91 Å². The maximum Gasteiger partial charge on any atom is 0.220 e. The summed E-state index contributed by atoms with van der Waals surface area (Å²) in [7, 11) is 0. The average molecular weight is 396 g/mol. The van der Waals surface area contributed by atoms with Crippen molar-refractivity contribution < 1.29 is 4.79 Å². The molecule has 0 aliphatic rings. The van der Waals surface area contributed by atoms with Crippen LogP contribution in [0, 0.1) is 0 Å². The Hall–Kier alpha value is -3.66. The van der Waals surface area contributed by atoms with Crippen LogP contribution >= 0.6 is 0 Å². The minimum atomic E-state index is -0.0145. The van der Waals surface area contributed by atoms with Gasteiger partial charge in [0, 0.05) is 18.2 Å². The molecule has 30 heavy (non-hydrogen) atoms. The lowest BCUT2D eigenvalue weighted by Gasteiger charge is -2.14. The molecule has 4 aromatic rings. The minimum Gasteiger partial charge on any atom is -0.350 e. The van der Waals surface area contributed by atoms with Crippen molar-refractivity contribution in [1.29, 1.82) is 0 Å². The fourth-order valence-electron chi connectivity index (χ4n) is 3.53. The summed E-state index contributed by atoms with van der Waals surface area (Å²) in [4.78, 5) is 12.6. The van der Waals surface area contributed by atoms with E-state index in [1.54, 1.807) is 0 Å². The Bertz CT molecular complexity index is 1090. The average Bonchev–Trinajstić information content (AvgIpc) is 3.24. The Morgan fingerprint density at radius 1 is 0.900 bits per heavy atom. The molecule has 3 aromatic carbocycles. The lowest BCUT2D eigenvalue weighted by Crippen LogP contribution is -2.26. The molecule has 1 N–H and O–H groups in total. The molecule has 1 atom stereocenters. The topological polar surface area (TPSA) is 46.9 Å². The SMILES string of the molecule is CC(NC(=O)CCc1cn(-c2ccccc2)nc1-c1ccccc1)c1ccccc1. The van der Waals surface area contributed by atoms with E-state index in [0.717, 1.165) is 28.1 Å². The Morgan fingerprint density at radius 3 is 2.17 bits per heavy atom. The molecule has 0 saturated carbocycles. The molecule has 0 radical (unpaired) electrons. The fraction of sp³-hybridized carbons (Fsp3) is 0.154. The van der Waals surface area contributed by atoms with E-state index in [4.69, 9.17) is 5.10 Å². The lowest BCUT2D eigenvalue weighted by molar-refractivity contribution is -0.121. The predicted molar refractivity (Wildman–Crippen MR) is 120 cm³/mol. The van der Waals surface area contributed by atoms with E-state index in [1.807, 2.05) is 96.7 Å². The quantitative estimate of drug-likeness (QED) is 0.458. The molecule has 4 heteroatoms. The van der Waals surface area contributed by atoms with Crippen molar-refractivity contribution in [3.05, 3.63) is 108 Å². The van der Waals surface area contributed by atoms with E-state index in [-0.39, 0.29) is 11.9 Å². The first kappa shape index (κ1) is 19.6. The smallest absolute Gasteiger partial charge is 0.220 e. The Balaban J connectivity index is 1.51. The van der Waals surface area contributed by atoms with Crippen molar-refractivity contribution >= 4 is 5.91 Å². The van der Waals surface area contributed by atoms with Gasteiger partial charge in [-0.2, -0.15) is 5.10 Å². The number of aromatic nitrogens is 2. The van der Waals surface area contributed by atoms with Crippen LogP contribution in [0.1, 0.15) is 30.5 Å². The summed E-state index contributed by atoms with van der Waals surface area (Å²) in [6.45, 7) is 2.01. The van der Waals surface area contributed by atoms with Crippen LogP contribution in [0.15, 0.2) is 97.2 Å². The van der Waals surface area contributed by atoms with Crippen molar-refractivity contribution in [2.75, 3.05) is 0 Å². The number of para-hydroxylation sites is 1. The maximum absolute atomic E-state index is 12.6. The van der Waals surface area contributed by atoms with Crippen molar-refractivity contribution in [2.24, 2.45) is 0 Å². The van der Waals surface area contributed by atoms with Crippen LogP contribution in [0.25, 0.3) is 16.9 Å². The molecule has 0 aliphatic carbocycles. The first-order valence-electron chi connectivity index (χ1n) is 10.2. The number of hydrogen-bond acceptors (Lipinski definition) is 2. The summed E-state index contributed by atoms with van der Waals surface area (Å²) in [5, 5.41) is 7.92. The third kappa shape index (κ3) is 4.66. The van der Waals surface area contributed by atoms with Crippen molar-refractivity contribution in [2.45, 2.75) is 25.8 Å². The van der Waals surface area contributed by atoms with Crippen LogP contribution in [-0.2, 0) is 11.2 Å². The molecule has 150 valence electrons. The van der Waals surface area contributed by atoms with Crippen LogP contribution in [0.5, 0.6) is 0 Å². The number of benzene rings is 3. The number of nitrogens with one attached hydrogen (secondary N) is 1. The summed E-state index contributed by atoms with van der Waals surface area (Å²) in [5.41, 5.74) is 5.15. The molecular formula is C26H25N3O. The Kier molecular flexibility index (Phi) is 6.04. The first-order chi connectivity index (χ1) is 14.7. The van der Waals surface area contributed by atoms with E-state index in [1.165, 1.54) is 0 Å². The molecule has 0 fully saturated rings. The molecule has 1 heterocycles. The van der Waals surface area contributed by atoms with E-state index in [2.05, 4.69) is 17.4 Å². The highest BCUT2D eigenvalue weighted by atomic mass is 16.1. The normalized spacial score (nSPS) is 11.8. The van der Waals surface area contributed by atoms with E-state index >= 15 is 0 Å². The van der Waals surface area contributed by atoms with Crippen molar-refractivity contribution in [1.82, 2.24) is 15.1 Å². The number of aryl methyl sites for hydroxylation is 1. The van der Waals surface area contributed by atoms with E-state index < -0.39 is 0 Å². The number of rotatable bonds is 7. The summed E-state index contributed by atoms with van der Waals surface area (Å²) in [6, 6.07) is 30.2. The van der Waals surface area contributed by atoms with Gasteiger partial charge < -0.3 is 5.32 Å². The van der Waals surface area contributed by atoms with Crippen LogP contribution in [-0.4, -0.2) is 15.7 Å². The summed E-state index contributed by atoms with van der Waals surface area (Å²) < 4.78 is 1.89. The number of hydrogen-bond donors (Lipinski definition) is 1. The number of carbonyl (C=O) groups is 1. The number of amides is 1. The van der Waals surface area contributed by atoms with E-state index in [9.17, 15) is 4.79 Å². The second kappa shape index (κ2) is 9.23. The standard InChI is InChI=1S/C26H25N3O/c1-20(21-11-5-2-6-12-21)27-25(30)18-17-23-19-29(24-15-9-4-10-16-24)28-26(23)22-13-7-3-8-14-22/h2-16,19-20H,17-18H2,1H3,(H,27,30). The monoisotopic (exact) mass is 395 g/mol. The van der Waals surface area contributed by atoms with Gasteiger partial charge in [0.1, 0.15) is 0 Å². The van der Waals surface area contributed by atoms with Crippen LogP contribution in [0.2, 0.25) is 0 Å². The number of nitrogens with zero attached hydrogens (tertiary/aromatic N) is 2. The third-order valence-electron chi connectivity index (χ3n) is 5.16. The molecule has 4 rings (SSSR count). The van der Waals surface area contributed by atoms with Crippen LogP contribution in [0.4, 0.5) is 0 Å². The van der Waals surface area contributed by atoms with Gasteiger partial charge in [-0.15, -0.1) is 0 Å². The fourth-order valence-corrected chi connectivity index (χ4v) is 3.53. The summed E-state index contributed by atoms with van der Waals surface area (Å²) in [6.07, 6.45) is 3.08. The van der Waals surface area contributed by atoms with Crippen molar-refractivity contribution in [3.63, 3.8) is 0 Å². The predicted octanol–water partition coefficient (Wildman–Crippen LogP) is 5.35. The molecule has 0 saturated heterocycles. The Morgan fingerprint density at radius 2 is 1.50 bits per heavy atom. The molecule has 4 nitrogen and oxygen atoms in total. The largest absolute Gasteiger partial charge is 0.350 e. The zero-order valence-corrected chi connectivity index (χ0v) is 17.0. The second-order valence-corrected chi connectivity index (χ2v) is 7.35. The molecule has 0 bridgehead atoms. The zero-order chi connectivity index (χ0) is 20.8. The summed E-state index contributed by atoms with van der Waals surface area (Å²) >= 11 is 0. The molecule has 1 amide bonds. The van der Waals surface area contributed by atoms with Gasteiger partial charge in [-0.3, -0.25) is 4.79 Å². The van der Waals surface area contributed by atoms with Gasteiger partial charge in [-0.25, -0.2) is 4.68 Å². The van der Waals surface area contributed by atoms with Gasteiger partial charge >= 0.3 is 0 Å². The Labute approximate surface area is 177 Å². The maximum atomic E-state index is 12.6. The highest BCUT2D eigenvalue weighted by Crippen LogP contribution is 2.25. The van der Waals surface area contributed by atoms with Crippen LogP contribution in [0.3, 0.4) is 0 Å². The highest BCUT2D eigenvalue weighted by Gasteiger charge is 2.15. The molecule has 0 spiro atoms. The molecule has 1 aromatic heterocycles. The minimum absolute atomic E-state index is 0.0145. The first-order valence-corrected chi connectivity index (χ1v) is 10.2.